The number of nitrogens with zero attached hydrogens (tertiary/aromatic N) is 1. The van der Waals surface area contributed by atoms with E-state index in [0.717, 1.165) is 50.6 Å². The molecule has 1 saturated carbocycles. The summed E-state index contributed by atoms with van der Waals surface area (Å²) in [6.45, 7) is 0.988. The van der Waals surface area contributed by atoms with Crippen LogP contribution in [0.5, 0.6) is 0 Å². The molecule has 1 aliphatic heterocycles. The van der Waals surface area contributed by atoms with Crippen molar-refractivity contribution < 1.29 is 5.11 Å². The maximum absolute atomic E-state index is 11.1. The van der Waals surface area contributed by atoms with Crippen molar-refractivity contribution in [1.82, 2.24) is 0 Å². The summed E-state index contributed by atoms with van der Waals surface area (Å²) in [6.07, 6.45) is 6.60. The van der Waals surface area contributed by atoms with Crippen molar-refractivity contribution in [2.75, 3.05) is 11.9 Å². The van der Waals surface area contributed by atoms with E-state index in [2.05, 4.69) is 23.5 Å². The van der Waals surface area contributed by atoms with Gasteiger partial charge in [0.1, 0.15) is 5.41 Å². The molecule has 1 aromatic carbocycles. The number of benzene rings is 1. The third-order valence-electron chi connectivity index (χ3n) is 5.62. The zero-order valence-electron chi connectivity index (χ0n) is 11.7. The monoisotopic (exact) mass is 268 g/mol. The minimum atomic E-state index is -0.820. The molecule has 20 heavy (non-hydrogen) atoms. The second-order valence-electron chi connectivity index (χ2n) is 6.63. The number of fused-ring (bicyclic) bond motifs is 2. The number of nitrogens with one attached hydrogen (secondary N) is 1. The highest BCUT2D eigenvalue weighted by molar-refractivity contribution is 5.66. The molecule has 0 aromatic heterocycles. The number of hydrogen-bond acceptors (Lipinski definition) is 3. The highest BCUT2D eigenvalue weighted by atomic mass is 16.3. The minimum Gasteiger partial charge on any atom is -0.388 e. The Morgan fingerprint density at radius 3 is 2.70 bits per heavy atom. The van der Waals surface area contributed by atoms with Gasteiger partial charge < -0.3 is 10.4 Å². The highest BCUT2D eigenvalue weighted by Crippen LogP contribution is 2.54. The Balaban J connectivity index is 1.80. The molecule has 3 heteroatoms. The summed E-state index contributed by atoms with van der Waals surface area (Å²) >= 11 is 0. The minimum absolute atomic E-state index is 0.665. The molecular weight excluding hydrogens is 248 g/mol. The van der Waals surface area contributed by atoms with Crippen LogP contribution in [0.1, 0.15) is 48.8 Å². The standard InChI is InChI=1S/C17H20N2O/c18-11-16(17(20)5-2-1-3-6-17)10-13-8-12-4-7-19-15(12)9-14(13)16/h8-9,19-20H,1-7,10H2. The maximum atomic E-state index is 11.1. The highest BCUT2D eigenvalue weighted by Gasteiger charge is 2.58. The van der Waals surface area contributed by atoms with Crippen LogP contribution in [0.4, 0.5) is 5.69 Å². The van der Waals surface area contributed by atoms with Crippen LogP contribution in [-0.2, 0) is 18.3 Å². The molecule has 1 heterocycles. The fourth-order valence-electron chi connectivity index (χ4n) is 4.40. The first-order valence-corrected chi connectivity index (χ1v) is 7.72. The summed E-state index contributed by atoms with van der Waals surface area (Å²) in [5.74, 6) is 0. The summed E-state index contributed by atoms with van der Waals surface area (Å²) < 4.78 is 0. The Kier molecular flexibility index (Phi) is 2.44. The van der Waals surface area contributed by atoms with Crippen LogP contribution >= 0.6 is 0 Å². The van der Waals surface area contributed by atoms with Crippen LogP contribution < -0.4 is 5.32 Å². The van der Waals surface area contributed by atoms with Gasteiger partial charge >= 0.3 is 0 Å². The zero-order chi connectivity index (χ0) is 13.8. The number of nitriles is 1. The molecule has 4 rings (SSSR count). The van der Waals surface area contributed by atoms with Crippen LogP contribution in [0, 0.1) is 11.3 Å². The Bertz CT molecular complexity index is 610. The smallest absolute Gasteiger partial charge is 0.115 e. The number of rotatable bonds is 1. The average molecular weight is 268 g/mol. The Morgan fingerprint density at radius 2 is 1.95 bits per heavy atom. The van der Waals surface area contributed by atoms with Gasteiger partial charge in [-0.25, -0.2) is 0 Å². The third-order valence-corrected chi connectivity index (χ3v) is 5.62. The molecule has 0 amide bonds. The zero-order valence-corrected chi connectivity index (χ0v) is 11.7. The normalized spacial score (nSPS) is 29.6. The second kappa shape index (κ2) is 3.99. The molecule has 2 aliphatic carbocycles. The van der Waals surface area contributed by atoms with Crippen LogP contribution in [0.25, 0.3) is 0 Å². The van der Waals surface area contributed by atoms with Gasteiger partial charge in [0.05, 0.1) is 11.7 Å². The molecular formula is C17H20N2O. The van der Waals surface area contributed by atoms with Gasteiger partial charge in [-0.3, -0.25) is 0 Å². The van der Waals surface area contributed by atoms with Gasteiger partial charge in [0.25, 0.3) is 0 Å². The molecule has 0 radical (unpaired) electrons. The fraction of sp³-hybridized carbons (Fsp3) is 0.588. The lowest BCUT2D eigenvalue weighted by atomic mass is 9.53. The molecule has 0 spiro atoms. The summed E-state index contributed by atoms with van der Waals surface area (Å²) in [4.78, 5) is 0. The van der Waals surface area contributed by atoms with Crippen molar-refractivity contribution in [2.45, 2.75) is 56.0 Å². The van der Waals surface area contributed by atoms with E-state index in [1.165, 1.54) is 23.2 Å². The van der Waals surface area contributed by atoms with E-state index >= 15 is 0 Å². The maximum Gasteiger partial charge on any atom is 0.115 e. The van der Waals surface area contributed by atoms with E-state index in [9.17, 15) is 10.4 Å². The van der Waals surface area contributed by atoms with Gasteiger partial charge in [0.2, 0.25) is 0 Å². The summed E-state index contributed by atoms with van der Waals surface area (Å²) in [5.41, 5.74) is 3.40. The molecule has 0 bridgehead atoms. The summed E-state index contributed by atoms with van der Waals surface area (Å²) in [7, 11) is 0. The fourth-order valence-corrected chi connectivity index (χ4v) is 4.40. The second-order valence-corrected chi connectivity index (χ2v) is 6.63. The van der Waals surface area contributed by atoms with Crippen molar-refractivity contribution in [3.63, 3.8) is 0 Å². The molecule has 3 nitrogen and oxygen atoms in total. The lowest BCUT2D eigenvalue weighted by Crippen LogP contribution is -2.58. The van der Waals surface area contributed by atoms with Crippen molar-refractivity contribution in [2.24, 2.45) is 0 Å². The van der Waals surface area contributed by atoms with E-state index in [4.69, 9.17) is 0 Å². The lowest BCUT2D eigenvalue weighted by Gasteiger charge is -2.51. The van der Waals surface area contributed by atoms with Gasteiger partial charge in [0, 0.05) is 12.2 Å². The molecule has 3 aliphatic rings. The van der Waals surface area contributed by atoms with Crippen LogP contribution in [0.15, 0.2) is 12.1 Å². The predicted octanol–water partition coefficient (Wildman–Crippen LogP) is 2.67. The first-order chi connectivity index (χ1) is 9.68. The molecule has 1 atom stereocenters. The van der Waals surface area contributed by atoms with E-state index in [-0.39, 0.29) is 0 Å². The number of anilines is 1. The van der Waals surface area contributed by atoms with Gasteiger partial charge in [-0.2, -0.15) is 5.26 Å². The molecule has 1 aromatic rings. The van der Waals surface area contributed by atoms with E-state index in [1.807, 2.05) is 0 Å². The summed E-state index contributed by atoms with van der Waals surface area (Å²) in [5, 5.41) is 24.3. The first-order valence-electron chi connectivity index (χ1n) is 7.72. The van der Waals surface area contributed by atoms with Gasteiger partial charge in [-0.15, -0.1) is 0 Å². The van der Waals surface area contributed by atoms with E-state index < -0.39 is 11.0 Å². The lowest BCUT2D eigenvalue weighted by molar-refractivity contribution is -0.0563. The molecule has 1 fully saturated rings. The number of hydrogen-bond donors (Lipinski definition) is 2. The Hall–Kier alpha value is -1.53. The van der Waals surface area contributed by atoms with Gasteiger partial charge in [0.15, 0.2) is 0 Å². The summed E-state index contributed by atoms with van der Waals surface area (Å²) in [6, 6.07) is 6.87. The van der Waals surface area contributed by atoms with Gasteiger partial charge in [-0.1, -0.05) is 25.3 Å². The third kappa shape index (κ3) is 1.38. The molecule has 0 saturated heterocycles. The van der Waals surface area contributed by atoms with Crippen LogP contribution in [0.3, 0.4) is 0 Å². The SMILES string of the molecule is N#CC1(C2(O)CCCCC2)Cc2cc3c(cc21)NCC3. The largest absolute Gasteiger partial charge is 0.388 e. The van der Waals surface area contributed by atoms with Crippen molar-refractivity contribution in [1.29, 1.82) is 5.26 Å². The topological polar surface area (TPSA) is 56.0 Å². The van der Waals surface area contributed by atoms with Crippen LogP contribution in [0.2, 0.25) is 0 Å². The number of aliphatic hydroxyl groups is 1. The molecule has 2 N–H and O–H groups in total. The first kappa shape index (κ1) is 12.2. The molecule has 104 valence electrons. The van der Waals surface area contributed by atoms with Crippen molar-refractivity contribution in [3.05, 3.63) is 28.8 Å². The van der Waals surface area contributed by atoms with E-state index in [1.54, 1.807) is 0 Å². The van der Waals surface area contributed by atoms with E-state index in [0.29, 0.717) is 0 Å². The Labute approximate surface area is 119 Å². The van der Waals surface area contributed by atoms with Gasteiger partial charge in [-0.05, 0) is 48.4 Å². The predicted molar refractivity (Wildman–Crippen MR) is 77.7 cm³/mol. The molecule has 1 unspecified atom stereocenters. The van der Waals surface area contributed by atoms with Crippen molar-refractivity contribution >= 4 is 5.69 Å². The van der Waals surface area contributed by atoms with Crippen molar-refractivity contribution in [3.8, 4) is 6.07 Å². The quantitative estimate of drug-likeness (QED) is 0.823. The van der Waals surface area contributed by atoms with Crippen LogP contribution in [-0.4, -0.2) is 17.3 Å². The average Bonchev–Trinajstić information content (AvgIpc) is 2.89. The Morgan fingerprint density at radius 1 is 1.15 bits per heavy atom.